The molecule has 0 spiro atoms. The highest BCUT2D eigenvalue weighted by molar-refractivity contribution is 6.31. The summed E-state index contributed by atoms with van der Waals surface area (Å²) in [6.45, 7) is 0.187. The second-order valence-electron chi connectivity index (χ2n) is 4.11. The third kappa shape index (κ3) is 4.60. The van der Waals surface area contributed by atoms with E-state index in [1.165, 1.54) is 6.33 Å². The number of aliphatic hydroxyl groups excluding tert-OH is 1. The van der Waals surface area contributed by atoms with E-state index in [0.717, 1.165) is 0 Å². The first kappa shape index (κ1) is 15.0. The first-order valence-corrected chi connectivity index (χ1v) is 6.58. The number of hydrogen-bond donors (Lipinski definition) is 2. The zero-order chi connectivity index (χ0) is 15.1. The smallest absolute Gasteiger partial charge is 0.226 e. The molecule has 6 nitrogen and oxygen atoms in total. The Kier molecular flexibility index (Phi) is 5.32. The molecular weight excluding hydrogens is 292 g/mol. The van der Waals surface area contributed by atoms with E-state index >= 15 is 0 Å². The van der Waals surface area contributed by atoms with Crippen molar-refractivity contribution in [2.75, 3.05) is 11.9 Å². The Balaban J connectivity index is 2.03. The zero-order valence-electron chi connectivity index (χ0n) is 11.1. The summed E-state index contributed by atoms with van der Waals surface area (Å²) >= 11 is 5.92. The minimum absolute atomic E-state index is 0.181. The maximum absolute atomic E-state index is 11.9. The van der Waals surface area contributed by atoms with E-state index in [4.69, 9.17) is 16.7 Å². The molecule has 108 valence electrons. The van der Waals surface area contributed by atoms with Crippen LogP contribution in [0.2, 0.25) is 5.02 Å². The summed E-state index contributed by atoms with van der Waals surface area (Å²) in [6, 6.07) is 4.99. The maximum Gasteiger partial charge on any atom is 0.226 e. The van der Waals surface area contributed by atoms with Gasteiger partial charge in [0.25, 0.3) is 0 Å². The molecule has 1 aromatic carbocycles. The highest BCUT2D eigenvalue weighted by Crippen LogP contribution is 2.20. The van der Waals surface area contributed by atoms with Gasteiger partial charge in [-0.2, -0.15) is 5.10 Å². The van der Waals surface area contributed by atoms with E-state index in [2.05, 4.69) is 27.2 Å². The van der Waals surface area contributed by atoms with Crippen molar-refractivity contribution in [3.8, 4) is 11.8 Å². The Bertz CT molecular complexity index is 674. The van der Waals surface area contributed by atoms with Crippen molar-refractivity contribution in [2.45, 2.75) is 13.0 Å². The summed E-state index contributed by atoms with van der Waals surface area (Å²) in [5, 5.41) is 15.9. The molecule has 0 bridgehead atoms. The molecule has 0 atom stereocenters. The number of aliphatic hydroxyl groups is 1. The molecule has 0 aliphatic heterocycles. The first-order chi connectivity index (χ1) is 10.2. The predicted molar refractivity (Wildman–Crippen MR) is 78.7 cm³/mol. The Morgan fingerprint density at radius 1 is 1.48 bits per heavy atom. The molecule has 0 saturated carbocycles. The number of aromatic nitrogens is 3. The number of hydrogen-bond acceptors (Lipinski definition) is 4. The molecule has 0 aliphatic rings. The fraction of sp³-hybridized carbons (Fsp3) is 0.214. The monoisotopic (exact) mass is 304 g/mol. The number of aryl methyl sites for hydroxylation is 1. The van der Waals surface area contributed by atoms with Crippen LogP contribution in [0.15, 0.2) is 30.9 Å². The molecule has 7 heteroatoms. The van der Waals surface area contributed by atoms with Gasteiger partial charge in [-0.05, 0) is 18.2 Å². The number of halogens is 1. The molecule has 0 aliphatic carbocycles. The molecule has 1 aromatic heterocycles. The molecule has 2 N–H and O–H groups in total. The zero-order valence-corrected chi connectivity index (χ0v) is 11.8. The second-order valence-corrected chi connectivity index (χ2v) is 4.54. The van der Waals surface area contributed by atoms with E-state index in [9.17, 15) is 4.79 Å². The van der Waals surface area contributed by atoms with Crippen LogP contribution in [-0.2, 0) is 11.3 Å². The number of carbonyl (C=O) groups excluding carboxylic acids is 1. The van der Waals surface area contributed by atoms with Crippen LogP contribution in [-0.4, -0.2) is 32.4 Å². The number of anilines is 1. The number of benzene rings is 1. The van der Waals surface area contributed by atoms with Crippen molar-refractivity contribution in [1.29, 1.82) is 0 Å². The van der Waals surface area contributed by atoms with Crippen LogP contribution >= 0.6 is 11.6 Å². The minimum atomic E-state index is -0.248. The lowest BCUT2D eigenvalue weighted by molar-refractivity contribution is -0.116. The van der Waals surface area contributed by atoms with Crippen LogP contribution in [0, 0.1) is 11.8 Å². The van der Waals surface area contributed by atoms with Crippen molar-refractivity contribution in [2.24, 2.45) is 0 Å². The molecular formula is C14H13ClN4O2. The van der Waals surface area contributed by atoms with E-state index in [1.807, 2.05) is 0 Å². The molecule has 0 saturated heterocycles. The van der Waals surface area contributed by atoms with Crippen LogP contribution in [0.3, 0.4) is 0 Å². The average Bonchev–Trinajstić information content (AvgIpc) is 2.98. The molecule has 21 heavy (non-hydrogen) atoms. The molecule has 2 rings (SSSR count). The molecule has 2 aromatic rings. The summed E-state index contributed by atoms with van der Waals surface area (Å²) in [5.41, 5.74) is 1.12. The number of nitrogens with zero attached hydrogens (tertiary/aromatic N) is 3. The molecule has 0 unspecified atom stereocenters. The van der Waals surface area contributed by atoms with E-state index in [0.29, 0.717) is 22.8 Å². The minimum Gasteiger partial charge on any atom is -0.384 e. The fourth-order valence-corrected chi connectivity index (χ4v) is 1.81. The Labute approximate surface area is 126 Å². The van der Waals surface area contributed by atoms with Crippen LogP contribution in [0.4, 0.5) is 5.69 Å². The summed E-state index contributed by atoms with van der Waals surface area (Å²) in [4.78, 5) is 15.7. The van der Waals surface area contributed by atoms with Gasteiger partial charge in [0.2, 0.25) is 5.91 Å². The highest BCUT2D eigenvalue weighted by atomic mass is 35.5. The fourth-order valence-electron chi connectivity index (χ4n) is 1.64. The van der Waals surface area contributed by atoms with Crippen molar-refractivity contribution < 1.29 is 9.90 Å². The Morgan fingerprint density at radius 2 is 2.33 bits per heavy atom. The summed E-state index contributed by atoms with van der Waals surface area (Å²) < 4.78 is 1.57. The molecule has 1 amide bonds. The number of amides is 1. The van der Waals surface area contributed by atoms with Gasteiger partial charge in [0.15, 0.2) is 0 Å². The number of rotatable bonds is 4. The summed E-state index contributed by atoms with van der Waals surface area (Å²) in [5.74, 6) is 5.12. The van der Waals surface area contributed by atoms with Crippen LogP contribution in [0.1, 0.15) is 12.0 Å². The van der Waals surface area contributed by atoms with Crippen molar-refractivity contribution in [3.05, 3.63) is 41.4 Å². The quantitative estimate of drug-likeness (QED) is 0.835. The van der Waals surface area contributed by atoms with Crippen LogP contribution in [0.5, 0.6) is 0 Å². The van der Waals surface area contributed by atoms with Crippen LogP contribution in [0.25, 0.3) is 0 Å². The van der Waals surface area contributed by atoms with E-state index in [-0.39, 0.29) is 18.9 Å². The maximum atomic E-state index is 11.9. The van der Waals surface area contributed by atoms with Crippen molar-refractivity contribution in [1.82, 2.24) is 14.8 Å². The average molecular weight is 305 g/mol. The van der Waals surface area contributed by atoms with Gasteiger partial charge in [0.1, 0.15) is 19.3 Å². The number of nitrogens with one attached hydrogen (secondary N) is 1. The van der Waals surface area contributed by atoms with Gasteiger partial charge >= 0.3 is 0 Å². The third-order valence-corrected chi connectivity index (χ3v) is 2.83. The Morgan fingerprint density at radius 3 is 3.05 bits per heavy atom. The lowest BCUT2D eigenvalue weighted by Crippen LogP contribution is -2.15. The van der Waals surface area contributed by atoms with Gasteiger partial charge in [-0.3, -0.25) is 9.48 Å². The number of carbonyl (C=O) groups is 1. The lowest BCUT2D eigenvalue weighted by atomic mass is 10.1. The van der Waals surface area contributed by atoms with Crippen LogP contribution < -0.4 is 5.32 Å². The third-order valence-electron chi connectivity index (χ3n) is 2.59. The van der Waals surface area contributed by atoms with E-state index < -0.39 is 0 Å². The second kappa shape index (κ2) is 7.43. The van der Waals surface area contributed by atoms with Gasteiger partial charge < -0.3 is 10.4 Å². The van der Waals surface area contributed by atoms with Gasteiger partial charge in [-0.1, -0.05) is 23.4 Å². The standard InChI is InChI=1S/C14H13ClN4O2/c15-12-4-3-11(2-1-7-20)13(8-12)18-14(21)5-6-19-10-16-9-17-19/h3-4,8-10,20H,5-7H2,(H,18,21). The van der Waals surface area contributed by atoms with Crippen molar-refractivity contribution in [3.63, 3.8) is 0 Å². The summed E-state index contributed by atoms with van der Waals surface area (Å²) in [7, 11) is 0. The normalized spacial score (nSPS) is 9.81. The van der Waals surface area contributed by atoms with Crippen molar-refractivity contribution >= 4 is 23.2 Å². The Hall–Kier alpha value is -2.36. The topological polar surface area (TPSA) is 80.0 Å². The molecule has 0 fully saturated rings. The summed E-state index contributed by atoms with van der Waals surface area (Å²) in [6.07, 6.45) is 3.21. The highest BCUT2D eigenvalue weighted by Gasteiger charge is 2.07. The van der Waals surface area contributed by atoms with Gasteiger partial charge in [0.05, 0.1) is 12.2 Å². The van der Waals surface area contributed by atoms with Gasteiger partial charge in [-0.15, -0.1) is 0 Å². The lowest BCUT2D eigenvalue weighted by Gasteiger charge is -2.08. The first-order valence-electron chi connectivity index (χ1n) is 6.20. The largest absolute Gasteiger partial charge is 0.384 e. The van der Waals surface area contributed by atoms with Gasteiger partial charge in [-0.25, -0.2) is 4.98 Å². The van der Waals surface area contributed by atoms with E-state index in [1.54, 1.807) is 29.2 Å². The SMILES string of the molecule is O=C(CCn1cncn1)Nc1cc(Cl)ccc1C#CCO. The van der Waals surface area contributed by atoms with Gasteiger partial charge in [0, 0.05) is 17.0 Å². The predicted octanol–water partition coefficient (Wildman–Crippen LogP) is 1.30. The molecule has 0 radical (unpaired) electrons. The molecule has 1 heterocycles.